The highest BCUT2D eigenvalue weighted by atomic mass is 79.9. The number of hydrogen-bond donors (Lipinski definition) is 0. The van der Waals surface area contributed by atoms with E-state index in [1.165, 1.54) is 43.3 Å². The van der Waals surface area contributed by atoms with Crippen molar-refractivity contribution in [1.29, 1.82) is 0 Å². The molecule has 0 aromatic heterocycles. The summed E-state index contributed by atoms with van der Waals surface area (Å²) in [6.07, 6.45) is -1.54. The number of sulfone groups is 1. The van der Waals surface area contributed by atoms with Gasteiger partial charge >= 0.3 is 6.18 Å². The van der Waals surface area contributed by atoms with Crippen LogP contribution >= 0.6 is 15.9 Å². The minimum absolute atomic E-state index is 0.0317. The topological polar surface area (TPSA) is 88.6 Å². The first-order chi connectivity index (χ1) is 15.6. The number of alkyl halides is 3. The minimum atomic E-state index is -4.98. The molecule has 1 aliphatic carbocycles. The molecule has 12 heteroatoms. The molecule has 0 heterocycles. The van der Waals surface area contributed by atoms with Crippen molar-refractivity contribution < 1.29 is 34.8 Å². The van der Waals surface area contributed by atoms with Crippen molar-refractivity contribution in [2.24, 2.45) is 5.92 Å². The molecular weight excluding hydrogens is 559 g/mol. The number of anilines is 1. The zero-order chi connectivity index (χ0) is 25.5. The maximum Gasteiger partial charge on any atom is 0.402 e. The predicted octanol–water partition coefficient (Wildman–Crippen LogP) is 4.58. The fourth-order valence-electron chi connectivity index (χ4n) is 3.25. The zero-order valence-electron chi connectivity index (χ0n) is 17.8. The molecule has 0 spiro atoms. The maximum absolute atomic E-state index is 13.6. The van der Waals surface area contributed by atoms with Crippen molar-refractivity contribution in [2.45, 2.75) is 24.5 Å². The summed E-state index contributed by atoms with van der Waals surface area (Å²) in [4.78, 5) is 11.2. The molecule has 1 unspecified atom stereocenters. The third kappa shape index (κ3) is 5.61. The SMILES string of the molecule is CC1=[C]C(=O)C(C(F)(F)F)C=C1S(=O)(=O)N(Cc1ccc(S(C)(=O)=O)cc1)c1ccc(Br)cc1. The van der Waals surface area contributed by atoms with E-state index in [-0.39, 0.29) is 22.7 Å². The van der Waals surface area contributed by atoms with E-state index in [9.17, 15) is 34.8 Å². The molecule has 34 heavy (non-hydrogen) atoms. The fraction of sp³-hybridized carbons (Fsp3) is 0.227. The molecule has 6 nitrogen and oxygen atoms in total. The molecule has 0 amide bonds. The summed E-state index contributed by atoms with van der Waals surface area (Å²) >= 11 is 3.25. The second-order valence-corrected chi connectivity index (χ2v) is 12.3. The van der Waals surface area contributed by atoms with E-state index < -0.39 is 42.6 Å². The van der Waals surface area contributed by atoms with Gasteiger partial charge in [0.2, 0.25) is 0 Å². The van der Waals surface area contributed by atoms with Gasteiger partial charge in [0.1, 0.15) is 5.92 Å². The van der Waals surface area contributed by atoms with Gasteiger partial charge in [-0.3, -0.25) is 9.10 Å². The van der Waals surface area contributed by atoms with Gasteiger partial charge in [0.05, 0.1) is 22.0 Å². The van der Waals surface area contributed by atoms with Crippen molar-refractivity contribution in [3.05, 3.63) is 81.2 Å². The van der Waals surface area contributed by atoms with Crippen LogP contribution in [0.15, 0.2) is 74.5 Å². The molecule has 3 rings (SSSR count). The van der Waals surface area contributed by atoms with Gasteiger partial charge in [-0.2, -0.15) is 13.2 Å². The molecule has 0 aliphatic heterocycles. The molecule has 0 bridgehead atoms. The Bertz CT molecular complexity index is 1380. The Morgan fingerprint density at radius 1 is 1.00 bits per heavy atom. The highest BCUT2D eigenvalue weighted by molar-refractivity contribution is 9.10. The quantitative estimate of drug-likeness (QED) is 0.502. The summed E-state index contributed by atoms with van der Waals surface area (Å²) in [7, 11) is -8.06. The lowest BCUT2D eigenvalue weighted by Gasteiger charge is -2.28. The summed E-state index contributed by atoms with van der Waals surface area (Å²) in [5.41, 5.74) is 0.314. The third-order valence-electron chi connectivity index (χ3n) is 4.99. The lowest BCUT2D eigenvalue weighted by molar-refractivity contribution is -0.169. The van der Waals surface area contributed by atoms with Gasteiger partial charge in [-0.25, -0.2) is 16.8 Å². The first-order valence-corrected chi connectivity index (χ1v) is 13.7. The van der Waals surface area contributed by atoms with Crippen LogP contribution in [-0.2, 0) is 31.2 Å². The monoisotopic (exact) mass is 576 g/mol. The van der Waals surface area contributed by atoms with E-state index in [2.05, 4.69) is 15.9 Å². The minimum Gasteiger partial charge on any atom is -0.293 e. The van der Waals surface area contributed by atoms with Crippen molar-refractivity contribution >= 4 is 47.3 Å². The number of carbonyl (C=O) groups excluding carboxylic acids is 1. The summed E-state index contributed by atoms with van der Waals surface area (Å²) in [6.45, 7) is 0.901. The van der Waals surface area contributed by atoms with Gasteiger partial charge in [-0.1, -0.05) is 28.1 Å². The van der Waals surface area contributed by atoms with Crippen LogP contribution in [0.1, 0.15) is 12.5 Å². The molecule has 2 aromatic rings. The molecule has 2 aromatic carbocycles. The van der Waals surface area contributed by atoms with Crippen LogP contribution in [-0.4, -0.2) is 35.1 Å². The van der Waals surface area contributed by atoms with Crippen LogP contribution in [0, 0.1) is 12.0 Å². The number of halogens is 4. The highest BCUT2D eigenvalue weighted by Gasteiger charge is 2.46. The van der Waals surface area contributed by atoms with E-state index >= 15 is 0 Å². The number of benzene rings is 2. The Morgan fingerprint density at radius 2 is 1.56 bits per heavy atom. The Labute approximate surface area is 203 Å². The van der Waals surface area contributed by atoms with Crippen LogP contribution < -0.4 is 4.31 Å². The Hall–Kier alpha value is -2.44. The largest absolute Gasteiger partial charge is 0.402 e. The van der Waals surface area contributed by atoms with Gasteiger partial charge in [-0.15, -0.1) is 0 Å². The summed E-state index contributed by atoms with van der Waals surface area (Å²) in [5, 5.41) is 0. The van der Waals surface area contributed by atoms with Gasteiger partial charge in [0, 0.05) is 16.8 Å². The molecule has 0 saturated heterocycles. The number of ketones is 1. The molecular formula is C22H18BrF3NO5S2. The average Bonchev–Trinajstić information content (AvgIpc) is 2.71. The molecule has 0 fully saturated rings. The lowest BCUT2D eigenvalue weighted by Crippen LogP contribution is -2.36. The Balaban J connectivity index is 2.11. The summed E-state index contributed by atoms with van der Waals surface area (Å²) in [5.74, 6) is -3.99. The van der Waals surface area contributed by atoms with E-state index in [0.29, 0.717) is 16.1 Å². The fourth-order valence-corrected chi connectivity index (χ4v) is 5.84. The van der Waals surface area contributed by atoms with Crippen molar-refractivity contribution in [2.75, 3.05) is 10.6 Å². The zero-order valence-corrected chi connectivity index (χ0v) is 21.0. The number of Topliss-reactive ketones (excluding diaryl/α,β-unsaturated/α-hetero) is 1. The molecule has 1 radical (unpaired) electrons. The van der Waals surface area contributed by atoms with E-state index in [1.807, 2.05) is 6.08 Å². The van der Waals surface area contributed by atoms with E-state index in [1.54, 1.807) is 12.1 Å². The first kappa shape index (κ1) is 26.2. The van der Waals surface area contributed by atoms with Gasteiger partial charge in [0.25, 0.3) is 10.0 Å². The molecule has 0 N–H and O–H groups in total. The molecule has 0 saturated carbocycles. The molecule has 1 aliphatic rings. The van der Waals surface area contributed by atoms with Crippen molar-refractivity contribution in [1.82, 2.24) is 0 Å². The van der Waals surface area contributed by atoms with Crippen LogP contribution in [0.2, 0.25) is 0 Å². The predicted molar refractivity (Wildman–Crippen MR) is 124 cm³/mol. The van der Waals surface area contributed by atoms with Gasteiger partial charge in [-0.05, 0) is 60.5 Å². The van der Waals surface area contributed by atoms with Crippen molar-refractivity contribution in [3.8, 4) is 0 Å². The van der Waals surface area contributed by atoms with Crippen LogP contribution in [0.25, 0.3) is 0 Å². The van der Waals surface area contributed by atoms with Crippen LogP contribution in [0.4, 0.5) is 18.9 Å². The van der Waals surface area contributed by atoms with E-state index in [4.69, 9.17) is 0 Å². The maximum atomic E-state index is 13.6. The second-order valence-electron chi connectivity index (χ2n) is 7.57. The second kappa shape index (κ2) is 9.31. The number of rotatable bonds is 6. The molecule has 181 valence electrons. The number of carbonyl (C=O) groups is 1. The van der Waals surface area contributed by atoms with Crippen molar-refractivity contribution in [3.63, 3.8) is 0 Å². The van der Waals surface area contributed by atoms with Gasteiger partial charge < -0.3 is 0 Å². The Kier molecular flexibility index (Phi) is 7.16. The summed E-state index contributed by atoms with van der Waals surface area (Å²) < 4.78 is 92.2. The standard InChI is InChI=1S/C22H18BrF3NO5S2/c1-14-11-20(28)19(22(24,25)26)12-21(14)34(31,32)27(17-7-5-16(23)6-8-17)13-15-3-9-18(10-4-15)33(2,29)30/h3-10,12,19H,13H2,1-2H3. The summed E-state index contributed by atoms with van der Waals surface area (Å²) in [6, 6.07) is 11.5. The smallest absolute Gasteiger partial charge is 0.293 e. The highest BCUT2D eigenvalue weighted by Crippen LogP contribution is 2.37. The molecule has 1 atom stereocenters. The van der Waals surface area contributed by atoms with E-state index in [0.717, 1.165) is 10.6 Å². The lowest BCUT2D eigenvalue weighted by atomic mass is 9.95. The number of allylic oxidation sites excluding steroid dienone is 3. The Morgan fingerprint density at radius 3 is 2.06 bits per heavy atom. The average molecular weight is 577 g/mol. The van der Waals surface area contributed by atoms with Crippen LogP contribution in [0.3, 0.4) is 0 Å². The number of sulfonamides is 1. The van der Waals surface area contributed by atoms with Gasteiger partial charge in [0.15, 0.2) is 15.6 Å². The third-order valence-corrected chi connectivity index (χ3v) is 8.57. The number of nitrogens with zero attached hydrogens (tertiary/aromatic N) is 1. The number of hydrogen-bond acceptors (Lipinski definition) is 5. The normalized spacial score (nSPS) is 17.2. The van der Waals surface area contributed by atoms with Crippen LogP contribution in [0.5, 0.6) is 0 Å². The first-order valence-electron chi connectivity index (χ1n) is 9.61.